The fourth-order valence-corrected chi connectivity index (χ4v) is 1.56. The molecule has 0 radical (unpaired) electrons. The third-order valence-corrected chi connectivity index (χ3v) is 2.59. The van der Waals surface area contributed by atoms with Gasteiger partial charge in [-0.25, -0.2) is 0 Å². The lowest BCUT2D eigenvalue weighted by atomic mass is 10.2. The van der Waals surface area contributed by atoms with Gasteiger partial charge in [0.25, 0.3) is 0 Å². The van der Waals surface area contributed by atoms with Crippen LogP contribution in [0.3, 0.4) is 0 Å². The monoisotopic (exact) mass is 313 g/mol. The molecule has 86 valence electrons. The van der Waals surface area contributed by atoms with Crippen LogP contribution in [0.25, 0.3) is 0 Å². The maximum Gasteiger partial charge on any atom is 0.144 e. The number of halogens is 3. The molecule has 0 atom stereocenters. The van der Waals surface area contributed by atoms with Gasteiger partial charge in [-0.2, -0.15) is 0 Å². The molecule has 15 heavy (non-hydrogen) atoms. The highest BCUT2D eigenvalue weighted by atomic mass is 79.9. The molecule has 1 aromatic carbocycles. The van der Waals surface area contributed by atoms with E-state index in [1.54, 1.807) is 12.1 Å². The molecule has 1 rings (SSSR count). The van der Waals surface area contributed by atoms with E-state index in [0.717, 1.165) is 10.0 Å². The van der Waals surface area contributed by atoms with E-state index in [-0.39, 0.29) is 27.8 Å². The standard InChI is InChI=1S/C10H13Cl2NO.BrH/c1-13(2,3)6-7-4-5-8(11)9(12)10(7)14;/h4-5H,6H2,1-3H3;1H. The van der Waals surface area contributed by atoms with Gasteiger partial charge in [-0.05, 0) is 12.1 Å². The number of aromatic hydroxyl groups is 1. The van der Waals surface area contributed by atoms with Gasteiger partial charge in [0, 0.05) is 5.56 Å². The summed E-state index contributed by atoms with van der Waals surface area (Å²) < 4.78 is 0.728. The fraction of sp³-hybridized carbons (Fsp3) is 0.400. The van der Waals surface area contributed by atoms with Crippen LogP contribution in [0.4, 0.5) is 0 Å². The summed E-state index contributed by atoms with van der Waals surface area (Å²) in [6.07, 6.45) is 0. The van der Waals surface area contributed by atoms with Gasteiger partial charge >= 0.3 is 0 Å². The summed E-state index contributed by atoms with van der Waals surface area (Å²) >= 11 is 11.6. The minimum absolute atomic E-state index is 0. The Balaban J connectivity index is 0.00000196. The average molecular weight is 315 g/mol. The second-order valence-electron chi connectivity index (χ2n) is 4.32. The number of rotatable bonds is 2. The summed E-state index contributed by atoms with van der Waals surface area (Å²) in [5.41, 5.74) is 0.812. The SMILES string of the molecule is C[N+](C)(C)Cc1ccc(Cl)c(Cl)c1O.[Br-]. The minimum atomic E-state index is 0. The van der Waals surface area contributed by atoms with Crippen molar-refractivity contribution in [3.05, 3.63) is 27.7 Å². The predicted octanol–water partition coefficient (Wildman–Crippen LogP) is -0.0908. The molecule has 1 N–H and O–H groups in total. The zero-order valence-electron chi connectivity index (χ0n) is 8.89. The maximum absolute atomic E-state index is 9.72. The summed E-state index contributed by atoms with van der Waals surface area (Å²) in [6, 6.07) is 3.50. The first-order valence-corrected chi connectivity index (χ1v) is 5.03. The van der Waals surface area contributed by atoms with Gasteiger partial charge < -0.3 is 26.6 Å². The molecule has 0 aromatic heterocycles. The highest BCUT2D eigenvalue weighted by molar-refractivity contribution is 6.43. The zero-order valence-corrected chi connectivity index (χ0v) is 12.0. The topological polar surface area (TPSA) is 20.2 Å². The van der Waals surface area contributed by atoms with Crippen LogP contribution in [0, 0.1) is 0 Å². The lowest BCUT2D eigenvalue weighted by Crippen LogP contribution is -3.00. The molecule has 0 aliphatic carbocycles. The lowest BCUT2D eigenvalue weighted by Gasteiger charge is -2.24. The Bertz CT molecular complexity index is 350. The first-order valence-electron chi connectivity index (χ1n) is 4.27. The van der Waals surface area contributed by atoms with Crippen LogP contribution in [0.1, 0.15) is 5.56 Å². The number of quaternary nitrogens is 1. The Hall–Kier alpha value is 0.0400. The molecular weight excluding hydrogens is 301 g/mol. The van der Waals surface area contributed by atoms with Crippen molar-refractivity contribution in [2.45, 2.75) is 6.54 Å². The van der Waals surface area contributed by atoms with Crippen molar-refractivity contribution in [1.29, 1.82) is 0 Å². The highest BCUT2D eigenvalue weighted by Gasteiger charge is 2.15. The van der Waals surface area contributed by atoms with Crippen LogP contribution in [0.15, 0.2) is 12.1 Å². The lowest BCUT2D eigenvalue weighted by molar-refractivity contribution is -0.884. The first kappa shape index (κ1) is 15.0. The summed E-state index contributed by atoms with van der Waals surface area (Å²) in [5.74, 6) is 0.0900. The number of hydrogen-bond acceptors (Lipinski definition) is 1. The van der Waals surface area contributed by atoms with E-state index in [1.165, 1.54) is 0 Å². The number of benzene rings is 1. The molecule has 2 nitrogen and oxygen atoms in total. The Morgan fingerprint density at radius 2 is 1.73 bits per heavy atom. The number of phenols is 1. The molecule has 0 saturated carbocycles. The molecule has 5 heteroatoms. The number of nitrogens with zero attached hydrogens (tertiary/aromatic N) is 1. The van der Waals surface area contributed by atoms with Crippen molar-refractivity contribution in [2.75, 3.05) is 21.1 Å². The van der Waals surface area contributed by atoms with Gasteiger partial charge in [-0.1, -0.05) is 23.2 Å². The van der Waals surface area contributed by atoms with E-state index >= 15 is 0 Å². The summed E-state index contributed by atoms with van der Waals surface area (Å²) in [5, 5.41) is 10.3. The van der Waals surface area contributed by atoms with E-state index in [0.29, 0.717) is 11.6 Å². The fourth-order valence-electron chi connectivity index (χ4n) is 1.22. The van der Waals surface area contributed by atoms with Gasteiger partial charge in [-0.3, -0.25) is 0 Å². The maximum atomic E-state index is 9.72. The van der Waals surface area contributed by atoms with Crippen LogP contribution in [-0.4, -0.2) is 30.7 Å². The van der Waals surface area contributed by atoms with E-state index < -0.39 is 0 Å². The van der Waals surface area contributed by atoms with Crippen LogP contribution in [0.2, 0.25) is 10.0 Å². The van der Waals surface area contributed by atoms with Gasteiger partial charge in [0.05, 0.1) is 26.2 Å². The van der Waals surface area contributed by atoms with Crippen LogP contribution >= 0.6 is 23.2 Å². The molecule has 0 spiro atoms. The average Bonchev–Trinajstić information content (AvgIpc) is 2.04. The minimum Gasteiger partial charge on any atom is -1.00 e. The molecule has 0 unspecified atom stereocenters. The number of hydrogen-bond donors (Lipinski definition) is 1. The third kappa shape index (κ3) is 4.19. The second kappa shape index (κ2) is 5.39. The predicted molar refractivity (Wildman–Crippen MR) is 59.9 cm³/mol. The van der Waals surface area contributed by atoms with Gasteiger partial charge in [-0.15, -0.1) is 0 Å². The highest BCUT2D eigenvalue weighted by Crippen LogP contribution is 2.34. The quantitative estimate of drug-likeness (QED) is 0.757. The molecule has 0 aliphatic heterocycles. The summed E-state index contributed by atoms with van der Waals surface area (Å²) in [7, 11) is 6.13. The van der Waals surface area contributed by atoms with Gasteiger partial charge in [0.1, 0.15) is 17.3 Å². The molecule has 1 aromatic rings. The van der Waals surface area contributed by atoms with Crippen LogP contribution in [0.5, 0.6) is 5.75 Å². The summed E-state index contributed by atoms with van der Waals surface area (Å²) in [4.78, 5) is 0. The largest absolute Gasteiger partial charge is 1.00 e. The zero-order chi connectivity index (χ0) is 10.9. The van der Waals surface area contributed by atoms with Crippen molar-refractivity contribution < 1.29 is 26.6 Å². The first-order chi connectivity index (χ1) is 6.31. The van der Waals surface area contributed by atoms with E-state index in [1.807, 2.05) is 21.1 Å². The second-order valence-corrected chi connectivity index (χ2v) is 5.10. The van der Waals surface area contributed by atoms with Gasteiger partial charge in [0.15, 0.2) is 0 Å². The molecule has 0 saturated heterocycles. The van der Waals surface area contributed by atoms with E-state index in [9.17, 15) is 5.11 Å². The van der Waals surface area contributed by atoms with Crippen molar-refractivity contribution in [2.24, 2.45) is 0 Å². The molecule has 0 bridgehead atoms. The van der Waals surface area contributed by atoms with E-state index in [2.05, 4.69) is 0 Å². The Kier molecular flexibility index (Phi) is 5.41. The Labute approximate surface area is 111 Å². The molecule has 0 aliphatic rings. The molecule has 0 fully saturated rings. The van der Waals surface area contributed by atoms with Crippen molar-refractivity contribution in [3.63, 3.8) is 0 Å². The van der Waals surface area contributed by atoms with Crippen LogP contribution < -0.4 is 17.0 Å². The smallest absolute Gasteiger partial charge is 0.144 e. The Morgan fingerprint density at radius 1 is 1.20 bits per heavy atom. The van der Waals surface area contributed by atoms with Crippen molar-refractivity contribution >= 4 is 23.2 Å². The molecule has 0 amide bonds. The Morgan fingerprint density at radius 3 is 2.20 bits per heavy atom. The van der Waals surface area contributed by atoms with E-state index in [4.69, 9.17) is 23.2 Å². The van der Waals surface area contributed by atoms with Crippen molar-refractivity contribution in [1.82, 2.24) is 0 Å². The number of phenolic OH excluding ortho intramolecular Hbond substituents is 1. The molecular formula is C10H14BrCl2NO. The summed E-state index contributed by atoms with van der Waals surface area (Å²) in [6.45, 7) is 0.711. The normalized spacial score (nSPS) is 11.0. The third-order valence-electron chi connectivity index (χ3n) is 1.80. The molecule has 0 heterocycles. The van der Waals surface area contributed by atoms with Crippen LogP contribution in [-0.2, 0) is 6.54 Å². The van der Waals surface area contributed by atoms with Crippen molar-refractivity contribution in [3.8, 4) is 5.75 Å². The van der Waals surface area contributed by atoms with Gasteiger partial charge in [0.2, 0.25) is 0 Å².